The number of thiophene rings is 1. The predicted molar refractivity (Wildman–Crippen MR) is 212 cm³/mol. The fourth-order valence-electron chi connectivity index (χ4n) is 8.03. The van der Waals surface area contributed by atoms with Gasteiger partial charge >= 0.3 is 0 Å². The number of rotatable bonds is 3. The molecule has 53 heavy (non-hydrogen) atoms. The largest absolute Gasteiger partial charge is 0.308 e. The van der Waals surface area contributed by atoms with Gasteiger partial charge in [-0.2, -0.15) is 21.0 Å². The van der Waals surface area contributed by atoms with E-state index in [0.717, 1.165) is 43.6 Å². The van der Waals surface area contributed by atoms with E-state index in [0.29, 0.717) is 33.6 Å². The molecule has 0 spiro atoms. The summed E-state index contributed by atoms with van der Waals surface area (Å²) in [5.41, 5.74) is 6.90. The van der Waals surface area contributed by atoms with Crippen LogP contribution in [0.4, 0.5) is 0 Å². The molecule has 3 aromatic heterocycles. The van der Waals surface area contributed by atoms with Crippen LogP contribution in [0.5, 0.6) is 0 Å². The van der Waals surface area contributed by atoms with Gasteiger partial charge in [0.15, 0.2) is 0 Å². The summed E-state index contributed by atoms with van der Waals surface area (Å²) in [6.45, 7) is 0. The lowest BCUT2D eigenvalue weighted by atomic mass is 9.91. The third kappa shape index (κ3) is 4.21. The van der Waals surface area contributed by atoms with E-state index in [1.54, 1.807) is 35.6 Å². The molecule has 0 N–H and O–H groups in total. The normalized spacial score (nSPS) is 11.3. The van der Waals surface area contributed by atoms with Crippen molar-refractivity contribution in [1.29, 1.82) is 21.0 Å². The van der Waals surface area contributed by atoms with Crippen molar-refractivity contribution in [2.75, 3.05) is 0 Å². The number of hydrogen-bond acceptors (Lipinski definition) is 5. The van der Waals surface area contributed by atoms with E-state index in [1.807, 2.05) is 71.3 Å². The Balaban J connectivity index is 1.22. The first kappa shape index (κ1) is 30.2. The quantitative estimate of drug-likeness (QED) is 0.184. The van der Waals surface area contributed by atoms with Crippen LogP contribution in [0.3, 0.4) is 0 Å². The van der Waals surface area contributed by atoms with Crippen LogP contribution in [0.1, 0.15) is 22.3 Å². The zero-order chi connectivity index (χ0) is 35.8. The number of para-hydroxylation sites is 3. The zero-order valence-electron chi connectivity index (χ0n) is 27.8. The van der Waals surface area contributed by atoms with Crippen molar-refractivity contribution in [1.82, 2.24) is 9.13 Å². The predicted octanol–water partition coefficient (Wildman–Crippen LogP) is 11.4. The maximum absolute atomic E-state index is 10.7. The van der Waals surface area contributed by atoms with Crippen LogP contribution in [-0.2, 0) is 0 Å². The second kappa shape index (κ2) is 11.4. The fraction of sp³-hybridized carbons (Fsp3) is 0. The molecule has 0 aliphatic rings. The summed E-state index contributed by atoms with van der Waals surface area (Å²) in [6, 6.07) is 53.0. The summed E-state index contributed by atoms with van der Waals surface area (Å²) in [5.74, 6) is 0. The number of nitrogens with zero attached hydrogens (tertiary/aromatic N) is 6. The van der Waals surface area contributed by atoms with Crippen LogP contribution < -0.4 is 0 Å². The van der Waals surface area contributed by atoms with Gasteiger partial charge in [0.25, 0.3) is 0 Å². The van der Waals surface area contributed by atoms with Crippen LogP contribution >= 0.6 is 11.3 Å². The highest BCUT2D eigenvalue weighted by Crippen LogP contribution is 2.44. The summed E-state index contributed by atoms with van der Waals surface area (Å²) in [6.07, 6.45) is 0. The molecule has 0 radical (unpaired) electrons. The minimum atomic E-state index is 0.290. The van der Waals surface area contributed by atoms with E-state index in [9.17, 15) is 21.0 Å². The summed E-state index contributed by atoms with van der Waals surface area (Å²) in [5, 5.41) is 49.1. The molecule has 7 aromatic carbocycles. The number of nitriles is 4. The summed E-state index contributed by atoms with van der Waals surface area (Å²) < 4.78 is 6.45. The van der Waals surface area contributed by atoms with Crippen LogP contribution in [-0.4, -0.2) is 9.13 Å². The Morgan fingerprint density at radius 1 is 0.396 bits per heavy atom. The first-order valence-electron chi connectivity index (χ1n) is 16.9. The number of benzene rings is 7. The van der Waals surface area contributed by atoms with Crippen LogP contribution in [0, 0.1) is 45.3 Å². The van der Waals surface area contributed by atoms with Crippen LogP contribution in [0.2, 0.25) is 0 Å². The standard InChI is InChI=1S/C46H22N6S/c47-23-27-21-42(51-38-13-5-1-9-31(38)32-10-2-6-14-39(32)51)29(25-49)19-36(27)37-20-30(26-50)43(22-28(37)24-48)52-40-15-7-3-12-35(40)45-41(52)18-17-34-33-11-4-8-16-44(33)53-46(34)45/h1-22H. The van der Waals surface area contributed by atoms with Gasteiger partial charge in [-0.3, -0.25) is 0 Å². The second-order valence-corrected chi connectivity index (χ2v) is 14.0. The van der Waals surface area contributed by atoms with Crippen molar-refractivity contribution in [3.63, 3.8) is 0 Å². The Morgan fingerprint density at radius 2 is 0.849 bits per heavy atom. The molecule has 0 bridgehead atoms. The highest BCUT2D eigenvalue weighted by molar-refractivity contribution is 7.26. The molecule has 10 rings (SSSR count). The molecule has 3 heterocycles. The lowest BCUT2D eigenvalue weighted by molar-refractivity contribution is 1.16. The van der Waals surface area contributed by atoms with Gasteiger partial charge < -0.3 is 9.13 Å². The Labute approximate surface area is 306 Å². The second-order valence-electron chi connectivity index (χ2n) is 12.9. The first-order valence-corrected chi connectivity index (χ1v) is 17.7. The van der Waals surface area contributed by atoms with E-state index in [-0.39, 0.29) is 11.1 Å². The molecule has 0 saturated carbocycles. The molecule has 0 amide bonds. The van der Waals surface area contributed by atoms with E-state index in [1.165, 1.54) is 20.2 Å². The molecule has 0 fully saturated rings. The SMILES string of the molecule is N#Cc1cc(-n2c3ccccc3c3ccccc32)c(C#N)cc1-c1cc(C#N)c(-n2c3ccccc3c3c4sc5ccccc5c4ccc32)cc1C#N. The van der Waals surface area contributed by atoms with Crippen molar-refractivity contribution < 1.29 is 0 Å². The maximum Gasteiger partial charge on any atom is 0.101 e. The first-order chi connectivity index (χ1) is 26.1. The van der Waals surface area contributed by atoms with Gasteiger partial charge in [0.05, 0.1) is 67.8 Å². The van der Waals surface area contributed by atoms with E-state index in [2.05, 4.69) is 71.3 Å². The molecule has 6 nitrogen and oxygen atoms in total. The van der Waals surface area contributed by atoms with E-state index in [4.69, 9.17) is 0 Å². The van der Waals surface area contributed by atoms with Gasteiger partial charge in [-0.1, -0.05) is 78.9 Å². The van der Waals surface area contributed by atoms with Crippen molar-refractivity contribution in [2.45, 2.75) is 0 Å². The molecule has 242 valence electrons. The maximum atomic E-state index is 10.7. The Kier molecular flexibility index (Phi) is 6.50. The minimum absolute atomic E-state index is 0.290. The van der Waals surface area contributed by atoms with Gasteiger partial charge in [0.2, 0.25) is 0 Å². The molecule has 0 saturated heterocycles. The monoisotopic (exact) mass is 690 g/mol. The average molecular weight is 691 g/mol. The Morgan fingerprint density at radius 3 is 1.40 bits per heavy atom. The van der Waals surface area contributed by atoms with Gasteiger partial charge in [0.1, 0.15) is 12.1 Å². The third-order valence-corrected chi connectivity index (χ3v) is 11.5. The summed E-state index contributed by atoms with van der Waals surface area (Å²) in [7, 11) is 0. The Bertz CT molecular complexity index is 3350. The van der Waals surface area contributed by atoms with Gasteiger partial charge in [-0.15, -0.1) is 11.3 Å². The summed E-state index contributed by atoms with van der Waals surface area (Å²) in [4.78, 5) is 0. The molecule has 0 aliphatic carbocycles. The summed E-state index contributed by atoms with van der Waals surface area (Å²) >= 11 is 1.75. The average Bonchev–Trinajstić information content (AvgIpc) is 3.87. The molecular formula is C46H22N6S. The third-order valence-electron chi connectivity index (χ3n) is 10.3. The molecule has 0 unspecified atom stereocenters. The Hall–Kier alpha value is -7.68. The lowest BCUT2D eigenvalue weighted by Gasteiger charge is -2.16. The van der Waals surface area contributed by atoms with Crippen molar-refractivity contribution in [3.8, 4) is 46.8 Å². The molecule has 10 aromatic rings. The van der Waals surface area contributed by atoms with Crippen molar-refractivity contribution in [3.05, 3.63) is 156 Å². The molecular weight excluding hydrogens is 669 g/mol. The van der Waals surface area contributed by atoms with Crippen LogP contribution in [0.25, 0.3) is 86.3 Å². The highest BCUT2D eigenvalue weighted by atomic mass is 32.1. The zero-order valence-corrected chi connectivity index (χ0v) is 28.6. The number of aromatic nitrogens is 2. The van der Waals surface area contributed by atoms with Gasteiger partial charge in [-0.05, 0) is 54.6 Å². The molecule has 0 atom stereocenters. The minimum Gasteiger partial charge on any atom is -0.308 e. The van der Waals surface area contributed by atoms with E-state index >= 15 is 0 Å². The number of fused-ring (bicyclic) bond motifs is 10. The highest BCUT2D eigenvalue weighted by Gasteiger charge is 2.23. The van der Waals surface area contributed by atoms with Crippen molar-refractivity contribution in [2.24, 2.45) is 0 Å². The molecule has 0 aliphatic heterocycles. The smallest absolute Gasteiger partial charge is 0.101 e. The van der Waals surface area contributed by atoms with E-state index < -0.39 is 0 Å². The van der Waals surface area contributed by atoms with Crippen LogP contribution in [0.15, 0.2) is 133 Å². The number of hydrogen-bond donors (Lipinski definition) is 0. The van der Waals surface area contributed by atoms with Gasteiger partial charge in [-0.25, -0.2) is 0 Å². The topological polar surface area (TPSA) is 105 Å². The fourth-order valence-corrected chi connectivity index (χ4v) is 9.29. The van der Waals surface area contributed by atoms with Crippen molar-refractivity contribution >= 4 is 75.1 Å². The molecule has 7 heteroatoms. The van der Waals surface area contributed by atoms with Gasteiger partial charge in [0, 0.05) is 52.8 Å². The lowest BCUT2D eigenvalue weighted by Crippen LogP contribution is -2.03.